The first-order valence-corrected chi connectivity index (χ1v) is 8.06. The van der Waals surface area contributed by atoms with E-state index in [-0.39, 0.29) is 47.9 Å². The van der Waals surface area contributed by atoms with Crippen molar-refractivity contribution < 1.29 is 19.1 Å². The molecular formula is C18H18N2O4. The molecule has 4 atom stereocenters. The molecule has 2 aliphatic carbocycles. The SMILES string of the molecule is COc1cccc(NC(=O)CN2C(=O)[C@@H]3[C@H](C2=O)[C@H]2C=C[C@H]3C2)c1. The fourth-order valence-electron chi connectivity index (χ4n) is 4.16. The van der Waals surface area contributed by atoms with E-state index < -0.39 is 0 Å². The molecule has 3 amide bonds. The largest absolute Gasteiger partial charge is 0.497 e. The third-order valence-corrected chi connectivity index (χ3v) is 5.22. The summed E-state index contributed by atoms with van der Waals surface area (Å²) in [5.41, 5.74) is 0.570. The van der Waals surface area contributed by atoms with Crippen molar-refractivity contribution in [3.63, 3.8) is 0 Å². The molecule has 124 valence electrons. The van der Waals surface area contributed by atoms with Crippen LogP contribution in [0.1, 0.15) is 6.42 Å². The molecule has 0 spiro atoms. The molecule has 0 radical (unpaired) electrons. The van der Waals surface area contributed by atoms with Crippen LogP contribution in [0.2, 0.25) is 0 Å². The number of amides is 3. The lowest BCUT2D eigenvalue weighted by atomic mass is 9.85. The number of ether oxygens (including phenoxy) is 1. The summed E-state index contributed by atoms with van der Waals surface area (Å²) in [4.78, 5) is 38.5. The third kappa shape index (κ3) is 2.21. The Labute approximate surface area is 139 Å². The number of hydrogen-bond acceptors (Lipinski definition) is 4. The van der Waals surface area contributed by atoms with E-state index in [4.69, 9.17) is 4.74 Å². The molecular weight excluding hydrogens is 308 g/mol. The fraction of sp³-hybridized carbons (Fsp3) is 0.389. The van der Waals surface area contributed by atoms with Crippen molar-refractivity contribution in [3.05, 3.63) is 36.4 Å². The summed E-state index contributed by atoms with van der Waals surface area (Å²) in [6.45, 7) is -0.235. The Morgan fingerprint density at radius 2 is 1.88 bits per heavy atom. The monoisotopic (exact) mass is 326 g/mol. The number of carbonyl (C=O) groups is 3. The summed E-state index contributed by atoms with van der Waals surface area (Å²) < 4.78 is 5.11. The molecule has 6 heteroatoms. The van der Waals surface area contributed by atoms with Crippen molar-refractivity contribution in [1.29, 1.82) is 0 Å². The van der Waals surface area contributed by atoms with Crippen LogP contribution in [0.5, 0.6) is 5.75 Å². The third-order valence-electron chi connectivity index (χ3n) is 5.22. The second-order valence-electron chi connectivity index (χ2n) is 6.54. The first-order chi connectivity index (χ1) is 11.6. The summed E-state index contributed by atoms with van der Waals surface area (Å²) in [6, 6.07) is 6.94. The van der Waals surface area contributed by atoms with Crippen LogP contribution >= 0.6 is 0 Å². The average Bonchev–Trinajstić information content (AvgIpc) is 3.25. The molecule has 1 aliphatic heterocycles. The van der Waals surface area contributed by atoms with Gasteiger partial charge in [0.1, 0.15) is 12.3 Å². The normalized spacial score (nSPS) is 30.0. The maximum Gasteiger partial charge on any atom is 0.244 e. The molecule has 0 aromatic heterocycles. The topological polar surface area (TPSA) is 75.7 Å². The van der Waals surface area contributed by atoms with Gasteiger partial charge in [-0.15, -0.1) is 0 Å². The number of likely N-dealkylation sites (tertiary alicyclic amines) is 1. The highest BCUT2D eigenvalue weighted by Crippen LogP contribution is 2.52. The minimum Gasteiger partial charge on any atom is -0.497 e. The van der Waals surface area contributed by atoms with E-state index in [0.717, 1.165) is 11.3 Å². The maximum atomic E-state index is 12.5. The Morgan fingerprint density at radius 3 is 2.50 bits per heavy atom. The van der Waals surface area contributed by atoms with Crippen LogP contribution in [0.3, 0.4) is 0 Å². The van der Waals surface area contributed by atoms with Crippen molar-refractivity contribution >= 4 is 23.4 Å². The molecule has 2 fully saturated rings. The van der Waals surface area contributed by atoms with Gasteiger partial charge in [-0.1, -0.05) is 18.2 Å². The molecule has 1 saturated heterocycles. The Morgan fingerprint density at radius 1 is 1.21 bits per heavy atom. The summed E-state index contributed by atoms with van der Waals surface area (Å²) in [5.74, 6) is -0.395. The first kappa shape index (κ1) is 14.9. The highest BCUT2D eigenvalue weighted by atomic mass is 16.5. The summed E-state index contributed by atoms with van der Waals surface area (Å²) in [6.07, 6.45) is 4.96. The summed E-state index contributed by atoms with van der Waals surface area (Å²) in [7, 11) is 1.55. The van der Waals surface area contributed by atoms with Crippen molar-refractivity contribution in [2.75, 3.05) is 19.0 Å². The molecule has 1 aromatic carbocycles. The van der Waals surface area contributed by atoms with Gasteiger partial charge in [-0.2, -0.15) is 0 Å². The van der Waals surface area contributed by atoms with Gasteiger partial charge in [0.2, 0.25) is 17.7 Å². The predicted octanol–water partition coefficient (Wildman–Crippen LogP) is 1.44. The molecule has 1 aromatic rings. The molecule has 24 heavy (non-hydrogen) atoms. The van der Waals surface area contributed by atoms with Gasteiger partial charge in [-0.25, -0.2) is 0 Å². The van der Waals surface area contributed by atoms with Crippen molar-refractivity contribution in [3.8, 4) is 5.75 Å². The number of benzene rings is 1. The van der Waals surface area contributed by atoms with Crippen LogP contribution in [-0.2, 0) is 14.4 Å². The van der Waals surface area contributed by atoms with Gasteiger partial charge in [-0.3, -0.25) is 19.3 Å². The number of nitrogens with one attached hydrogen (secondary N) is 1. The van der Waals surface area contributed by atoms with E-state index in [0.29, 0.717) is 11.4 Å². The average molecular weight is 326 g/mol. The van der Waals surface area contributed by atoms with E-state index in [2.05, 4.69) is 5.32 Å². The van der Waals surface area contributed by atoms with Gasteiger partial charge < -0.3 is 10.1 Å². The minimum absolute atomic E-state index is 0.155. The number of fused-ring (bicyclic) bond motifs is 5. The Balaban J connectivity index is 1.45. The second kappa shape index (κ2) is 5.47. The van der Waals surface area contributed by atoms with E-state index in [1.54, 1.807) is 31.4 Å². The summed E-state index contributed by atoms with van der Waals surface area (Å²) >= 11 is 0. The zero-order valence-corrected chi connectivity index (χ0v) is 13.3. The lowest BCUT2D eigenvalue weighted by Crippen LogP contribution is -2.39. The number of methoxy groups -OCH3 is 1. The van der Waals surface area contributed by atoms with E-state index in [1.807, 2.05) is 12.2 Å². The second-order valence-corrected chi connectivity index (χ2v) is 6.54. The van der Waals surface area contributed by atoms with Crippen LogP contribution in [0, 0.1) is 23.7 Å². The maximum absolute atomic E-state index is 12.5. The van der Waals surface area contributed by atoms with E-state index in [9.17, 15) is 14.4 Å². The molecule has 1 N–H and O–H groups in total. The number of nitrogens with zero attached hydrogens (tertiary/aromatic N) is 1. The van der Waals surface area contributed by atoms with Gasteiger partial charge >= 0.3 is 0 Å². The highest BCUT2D eigenvalue weighted by molar-refractivity contribution is 6.09. The quantitative estimate of drug-likeness (QED) is 0.671. The van der Waals surface area contributed by atoms with Gasteiger partial charge in [-0.05, 0) is 30.4 Å². The van der Waals surface area contributed by atoms with Gasteiger partial charge in [0.05, 0.1) is 18.9 Å². The lowest BCUT2D eigenvalue weighted by molar-refractivity contribution is -0.143. The fourth-order valence-corrected chi connectivity index (χ4v) is 4.16. The van der Waals surface area contributed by atoms with Crippen LogP contribution in [-0.4, -0.2) is 36.3 Å². The number of imide groups is 1. The van der Waals surface area contributed by atoms with Crippen molar-refractivity contribution in [2.24, 2.45) is 23.7 Å². The van der Waals surface area contributed by atoms with Gasteiger partial charge in [0.25, 0.3) is 0 Å². The smallest absolute Gasteiger partial charge is 0.244 e. The first-order valence-electron chi connectivity index (χ1n) is 8.06. The highest BCUT2D eigenvalue weighted by Gasteiger charge is 2.59. The zero-order valence-electron chi connectivity index (χ0n) is 13.3. The Bertz CT molecular complexity index is 727. The number of rotatable bonds is 4. The lowest BCUT2D eigenvalue weighted by Gasteiger charge is -2.17. The van der Waals surface area contributed by atoms with Crippen molar-refractivity contribution in [2.45, 2.75) is 6.42 Å². The molecule has 4 rings (SSSR count). The number of carbonyl (C=O) groups excluding carboxylic acids is 3. The van der Waals surface area contributed by atoms with E-state index >= 15 is 0 Å². The van der Waals surface area contributed by atoms with Crippen LogP contribution < -0.4 is 10.1 Å². The van der Waals surface area contributed by atoms with Crippen LogP contribution in [0.4, 0.5) is 5.69 Å². The van der Waals surface area contributed by atoms with Crippen molar-refractivity contribution in [1.82, 2.24) is 4.90 Å². The predicted molar refractivity (Wildman–Crippen MR) is 86.1 cm³/mol. The minimum atomic E-state index is -0.384. The van der Waals surface area contributed by atoms with E-state index in [1.165, 1.54) is 0 Å². The Kier molecular flexibility index (Phi) is 3.40. The molecule has 1 saturated carbocycles. The molecule has 6 nitrogen and oxygen atoms in total. The Hall–Kier alpha value is -2.63. The van der Waals surface area contributed by atoms with Crippen LogP contribution in [0.15, 0.2) is 36.4 Å². The summed E-state index contributed by atoms with van der Waals surface area (Å²) in [5, 5.41) is 2.71. The molecule has 1 heterocycles. The number of allylic oxidation sites excluding steroid dienone is 2. The van der Waals surface area contributed by atoms with Gasteiger partial charge in [0, 0.05) is 11.8 Å². The molecule has 0 unspecified atom stereocenters. The number of hydrogen-bond donors (Lipinski definition) is 1. The zero-order chi connectivity index (χ0) is 16.8. The number of anilines is 1. The van der Waals surface area contributed by atoms with Gasteiger partial charge in [0.15, 0.2) is 0 Å². The molecule has 2 bridgehead atoms. The standard InChI is InChI=1S/C18H18N2O4/c1-24-13-4-2-3-12(8-13)19-14(21)9-20-17(22)15-10-5-6-11(7-10)16(15)18(20)23/h2-6,8,10-11,15-16H,7,9H2,1H3,(H,19,21)/t10-,11-,15-,16+/m0/s1. The van der Waals surface area contributed by atoms with Crippen LogP contribution in [0.25, 0.3) is 0 Å². The molecule has 3 aliphatic rings.